The van der Waals surface area contributed by atoms with Gasteiger partial charge >= 0.3 is 0 Å². The van der Waals surface area contributed by atoms with Crippen LogP contribution in [0.4, 0.5) is 11.4 Å². The van der Waals surface area contributed by atoms with Crippen LogP contribution >= 0.6 is 15.9 Å². The summed E-state index contributed by atoms with van der Waals surface area (Å²) in [5.41, 5.74) is 6.82. The molecule has 0 saturated heterocycles. The fraction of sp³-hybridized carbons (Fsp3) is 0.133. The van der Waals surface area contributed by atoms with Gasteiger partial charge in [-0.05, 0) is 43.3 Å². The molecule has 2 aromatic carbocycles. The lowest BCUT2D eigenvalue weighted by atomic mass is 10.3. The third-order valence-electron chi connectivity index (χ3n) is 2.87. The molecule has 0 aliphatic rings. The number of nitrogens with two attached hydrogens (primary N) is 1. The van der Waals surface area contributed by atoms with E-state index in [1.165, 1.54) is 0 Å². The van der Waals surface area contributed by atoms with E-state index in [9.17, 15) is 9.00 Å². The highest BCUT2D eigenvalue weighted by Gasteiger charge is 2.21. The predicted molar refractivity (Wildman–Crippen MR) is 89.5 cm³/mol. The molecule has 2 aromatic rings. The Morgan fingerprint density at radius 2 is 1.95 bits per heavy atom. The Hall–Kier alpha value is -1.66. The molecule has 1 amide bonds. The van der Waals surface area contributed by atoms with Gasteiger partial charge in [0.05, 0.1) is 10.8 Å². The summed E-state index contributed by atoms with van der Waals surface area (Å²) < 4.78 is 13.2. The lowest BCUT2D eigenvalue weighted by molar-refractivity contribution is -0.115. The molecule has 0 aliphatic carbocycles. The van der Waals surface area contributed by atoms with Crippen molar-refractivity contribution in [2.45, 2.75) is 17.1 Å². The van der Waals surface area contributed by atoms with Crippen molar-refractivity contribution < 1.29 is 9.00 Å². The molecule has 110 valence electrons. The van der Waals surface area contributed by atoms with Crippen LogP contribution in [0, 0.1) is 0 Å². The number of hydrogen-bond donors (Lipinski definition) is 2. The molecule has 0 aromatic heterocycles. The van der Waals surface area contributed by atoms with Crippen LogP contribution in [0.15, 0.2) is 57.9 Å². The first kappa shape index (κ1) is 15.7. The standard InChI is InChI=1S/C15H15BrN2O2S/c1-10(21(20)14-7-2-4-11(16)8-14)15(19)18-13-6-3-5-12(17)9-13/h2-10H,17H2,1H3,(H,18,19). The molecule has 0 fully saturated rings. The highest BCUT2D eigenvalue weighted by Crippen LogP contribution is 2.19. The molecule has 0 radical (unpaired) electrons. The minimum Gasteiger partial charge on any atom is -0.399 e. The van der Waals surface area contributed by atoms with Crippen LogP contribution < -0.4 is 11.1 Å². The average Bonchev–Trinajstić information content (AvgIpc) is 2.45. The third-order valence-corrected chi connectivity index (χ3v) is 4.94. The molecule has 0 saturated carbocycles. The largest absolute Gasteiger partial charge is 0.399 e. The molecule has 0 aliphatic heterocycles. The molecule has 6 heteroatoms. The summed E-state index contributed by atoms with van der Waals surface area (Å²) in [6.45, 7) is 1.64. The van der Waals surface area contributed by atoms with Crippen LogP contribution in [0.2, 0.25) is 0 Å². The summed E-state index contributed by atoms with van der Waals surface area (Å²) in [4.78, 5) is 12.8. The Balaban J connectivity index is 2.10. The van der Waals surface area contributed by atoms with E-state index < -0.39 is 16.0 Å². The van der Waals surface area contributed by atoms with E-state index in [4.69, 9.17) is 5.73 Å². The van der Waals surface area contributed by atoms with Crippen molar-refractivity contribution in [2.24, 2.45) is 0 Å². The Bertz CT molecular complexity index is 691. The molecule has 2 unspecified atom stereocenters. The van der Waals surface area contributed by atoms with Crippen molar-refractivity contribution in [3.8, 4) is 0 Å². The van der Waals surface area contributed by atoms with Crippen molar-refractivity contribution in [2.75, 3.05) is 11.1 Å². The summed E-state index contributed by atoms with van der Waals surface area (Å²) in [6, 6.07) is 14.0. The van der Waals surface area contributed by atoms with Crippen molar-refractivity contribution in [1.29, 1.82) is 0 Å². The van der Waals surface area contributed by atoms with E-state index in [2.05, 4.69) is 21.2 Å². The Morgan fingerprint density at radius 1 is 1.24 bits per heavy atom. The van der Waals surface area contributed by atoms with Gasteiger partial charge in [0.15, 0.2) is 0 Å². The first-order valence-corrected chi connectivity index (χ1v) is 8.30. The van der Waals surface area contributed by atoms with E-state index in [-0.39, 0.29) is 5.91 Å². The first-order valence-electron chi connectivity index (χ1n) is 6.30. The van der Waals surface area contributed by atoms with Gasteiger partial charge in [0.25, 0.3) is 0 Å². The summed E-state index contributed by atoms with van der Waals surface area (Å²) in [5, 5.41) is 2.06. The van der Waals surface area contributed by atoms with Crippen LogP contribution in [0.1, 0.15) is 6.92 Å². The van der Waals surface area contributed by atoms with E-state index >= 15 is 0 Å². The van der Waals surface area contributed by atoms with Gasteiger partial charge in [0, 0.05) is 20.7 Å². The van der Waals surface area contributed by atoms with E-state index in [0.29, 0.717) is 16.3 Å². The Labute approximate surface area is 134 Å². The second-order valence-corrected chi connectivity index (χ2v) is 7.20. The van der Waals surface area contributed by atoms with Crippen LogP contribution in [-0.4, -0.2) is 15.4 Å². The molecule has 3 N–H and O–H groups in total. The summed E-state index contributed by atoms with van der Waals surface area (Å²) in [7, 11) is -1.42. The maximum Gasteiger partial charge on any atom is 0.240 e. The van der Waals surface area contributed by atoms with Crippen molar-refractivity contribution >= 4 is 44.0 Å². The van der Waals surface area contributed by atoms with Crippen LogP contribution in [0.5, 0.6) is 0 Å². The SMILES string of the molecule is CC(C(=O)Nc1cccc(N)c1)S(=O)c1cccc(Br)c1. The zero-order valence-electron chi connectivity index (χ0n) is 11.4. The third kappa shape index (κ3) is 4.15. The average molecular weight is 367 g/mol. The van der Waals surface area contributed by atoms with Gasteiger partial charge in [-0.3, -0.25) is 9.00 Å². The first-order chi connectivity index (χ1) is 9.97. The van der Waals surface area contributed by atoms with Crippen molar-refractivity contribution in [3.05, 3.63) is 53.0 Å². The minimum atomic E-state index is -1.42. The summed E-state index contributed by atoms with van der Waals surface area (Å²) in [5.74, 6) is -0.307. The normalized spacial score (nSPS) is 13.4. The summed E-state index contributed by atoms with van der Waals surface area (Å²) in [6.07, 6.45) is 0. The second-order valence-electron chi connectivity index (χ2n) is 4.51. The van der Waals surface area contributed by atoms with E-state index in [0.717, 1.165) is 4.47 Å². The van der Waals surface area contributed by atoms with Gasteiger partial charge in [0.2, 0.25) is 5.91 Å². The van der Waals surface area contributed by atoms with Crippen LogP contribution in [0.3, 0.4) is 0 Å². The van der Waals surface area contributed by atoms with Gasteiger partial charge in [-0.1, -0.05) is 28.1 Å². The number of carbonyl (C=O) groups is 1. The van der Waals surface area contributed by atoms with Gasteiger partial charge in [-0.15, -0.1) is 0 Å². The number of anilines is 2. The number of amides is 1. The minimum absolute atomic E-state index is 0.307. The van der Waals surface area contributed by atoms with E-state index in [1.807, 2.05) is 6.07 Å². The summed E-state index contributed by atoms with van der Waals surface area (Å²) >= 11 is 3.33. The number of nitrogen functional groups attached to an aromatic ring is 1. The van der Waals surface area contributed by atoms with Crippen LogP contribution in [-0.2, 0) is 15.6 Å². The molecule has 0 heterocycles. The molecule has 2 rings (SSSR count). The van der Waals surface area contributed by atoms with Crippen molar-refractivity contribution in [3.63, 3.8) is 0 Å². The van der Waals surface area contributed by atoms with Gasteiger partial charge in [-0.2, -0.15) is 0 Å². The molecular formula is C15H15BrN2O2S. The predicted octanol–water partition coefficient (Wildman–Crippen LogP) is 3.17. The molecule has 0 spiro atoms. The lowest BCUT2D eigenvalue weighted by Crippen LogP contribution is -2.29. The van der Waals surface area contributed by atoms with Gasteiger partial charge in [0.1, 0.15) is 5.25 Å². The van der Waals surface area contributed by atoms with Gasteiger partial charge in [-0.25, -0.2) is 0 Å². The number of hydrogen-bond acceptors (Lipinski definition) is 3. The second kappa shape index (κ2) is 6.87. The number of rotatable bonds is 4. The topological polar surface area (TPSA) is 72.2 Å². The molecule has 21 heavy (non-hydrogen) atoms. The number of carbonyl (C=O) groups excluding carboxylic acids is 1. The molecule has 4 nitrogen and oxygen atoms in total. The molecule has 2 atom stereocenters. The van der Waals surface area contributed by atoms with Gasteiger partial charge < -0.3 is 11.1 Å². The molecular weight excluding hydrogens is 352 g/mol. The van der Waals surface area contributed by atoms with E-state index in [1.54, 1.807) is 49.4 Å². The Kier molecular flexibility index (Phi) is 5.14. The lowest BCUT2D eigenvalue weighted by Gasteiger charge is -2.12. The number of halogens is 1. The molecule has 0 bridgehead atoms. The fourth-order valence-electron chi connectivity index (χ4n) is 1.75. The smallest absolute Gasteiger partial charge is 0.240 e. The maximum atomic E-state index is 12.4. The maximum absolute atomic E-state index is 12.4. The zero-order chi connectivity index (χ0) is 15.4. The van der Waals surface area contributed by atoms with Crippen LogP contribution in [0.25, 0.3) is 0 Å². The zero-order valence-corrected chi connectivity index (χ0v) is 13.8. The van der Waals surface area contributed by atoms with Crippen molar-refractivity contribution in [1.82, 2.24) is 0 Å². The number of nitrogens with one attached hydrogen (secondary N) is 1. The fourth-order valence-corrected chi connectivity index (χ4v) is 3.42. The highest BCUT2D eigenvalue weighted by molar-refractivity contribution is 9.10. The highest BCUT2D eigenvalue weighted by atomic mass is 79.9. The number of benzene rings is 2. The monoisotopic (exact) mass is 366 g/mol. The quantitative estimate of drug-likeness (QED) is 0.816. The Morgan fingerprint density at radius 3 is 2.62 bits per heavy atom.